The van der Waals surface area contributed by atoms with E-state index in [1.807, 2.05) is 22.9 Å². The third-order valence-electron chi connectivity index (χ3n) is 6.58. The topological polar surface area (TPSA) is 95.0 Å². The van der Waals surface area contributed by atoms with E-state index in [0.717, 1.165) is 65.7 Å². The summed E-state index contributed by atoms with van der Waals surface area (Å²) < 4.78 is 7.86. The van der Waals surface area contributed by atoms with Crippen LogP contribution in [0.15, 0.2) is 36.7 Å². The average Bonchev–Trinajstić information content (AvgIpc) is 3.54. The van der Waals surface area contributed by atoms with E-state index in [1.165, 1.54) is 19.2 Å². The molecular formula is C24H27N7O. The number of fused-ring (bicyclic) bond motifs is 2. The van der Waals surface area contributed by atoms with Gasteiger partial charge in [-0.2, -0.15) is 5.10 Å². The van der Waals surface area contributed by atoms with Gasteiger partial charge in [-0.1, -0.05) is 6.07 Å². The second kappa shape index (κ2) is 7.70. The molecule has 1 aromatic carbocycles. The number of anilines is 1. The lowest BCUT2D eigenvalue weighted by Crippen LogP contribution is -2.32. The Labute approximate surface area is 186 Å². The third kappa shape index (κ3) is 3.64. The van der Waals surface area contributed by atoms with Gasteiger partial charge in [0.25, 0.3) is 0 Å². The van der Waals surface area contributed by atoms with E-state index in [0.29, 0.717) is 23.7 Å². The molecule has 1 saturated heterocycles. The molecule has 8 nitrogen and oxygen atoms in total. The summed E-state index contributed by atoms with van der Waals surface area (Å²) in [5.74, 6) is 1.74. The minimum absolute atomic E-state index is 0.335. The Morgan fingerprint density at radius 3 is 2.72 bits per heavy atom. The van der Waals surface area contributed by atoms with Crippen molar-refractivity contribution >= 4 is 27.8 Å². The predicted octanol–water partition coefficient (Wildman–Crippen LogP) is 3.51. The fraction of sp³-hybridized carbons (Fsp3) is 0.417. The number of nitrogens with two attached hydrogens (primary N) is 1. The number of hydrogen-bond acceptors (Lipinski definition) is 7. The van der Waals surface area contributed by atoms with Crippen molar-refractivity contribution in [2.45, 2.75) is 38.3 Å². The van der Waals surface area contributed by atoms with Crippen LogP contribution in [-0.4, -0.2) is 55.9 Å². The van der Waals surface area contributed by atoms with Crippen molar-refractivity contribution in [2.24, 2.45) is 5.92 Å². The molecule has 0 atom stereocenters. The number of nitrogens with zero attached hydrogens (tertiary/aromatic N) is 6. The number of piperidine rings is 1. The van der Waals surface area contributed by atoms with Gasteiger partial charge in [0.15, 0.2) is 5.65 Å². The van der Waals surface area contributed by atoms with Gasteiger partial charge >= 0.3 is 0 Å². The van der Waals surface area contributed by atoms with Gasteiger partial charge in [-0.3, -0.25) is 0 Å². The van der Waals surface area contributed by atoms with Crippen LogP contribution in [-0.2, 0) is 6.54 Å². The second-order valence-electron chi connectivity index (χ2n) is 9.11. The van der Waals surface area contributed by atoms with Gasteiger partial charge in [-0.25, -0.2) is 19.6 Å². The van der Waals surface area contributed by atoms with Crippen molar-refractivity contribution in [2.75, 3.05) is 25.9 Å². The molecule has 0 unspecified atom stereocenters. The van der Waals surface area contributed by atoms with Crippen molar-refractivity contribution in [3.8, 4) is 17.1 Å². The lowest BCUT2D eigenvalue weighted by molar-refractivity contribution is 0.202. The van der Waals surface area contributed by atoms with E-state index in [9.17, 15) is 0 Å². The fourth-order valence-corrected chi connectivity index (χ4v) is 4.53. The summed E-state index contributed by atoms with van der Waals surface area (Å²) in [5.41, 5.74) is 9.83. The Hall–Kier alpha value is -3.26. The largest absolute Gasteiger partial charge is 0.474 e. The number of ether oxygens (including phenoxy) is 1. The van der Waals surface area contributed by atoms with Crippen LogP contribution >= 0.6 is 0 Å². The van der Waals surface area contributed by atoms with Crippen molar-refractivity contribution in [1.29, 1.82) is 0 Å². The van der Waals surface area contributed by atoms with E-state index in [4.69, 9.17) is 15.6 Å². The molecule has 2 N–H and O–H groups in total. The molecule has 0 bridgehead atoms. The standard InChI is InChI=1S/C24H27N7O/c1-30-10-8-15(9-11-30)13-31-24-21(23(25)26-14-27-24)22(29-31)17-2-6-19-16(12-17)3-7-20(28-19)32-18-4-5-18/h2-3,6-7,12,14-15,18H,4-5,8-11,13H2,1H3,(H2,25,26,27). The normalized spacial score (nSPS) is 17.9. The number of benzene rings is 1. The van der Waals surface area contributed by atoms with E-state index < -0.39 is 0 Å². The molecule has 32 heavy (non-hydrogen) atoms. The summed E-state index contributed by atoms with van der Waals surface area (Å²) in [5, 5.41) is 6.84. The first-order chi connectivity index (χ1) is 15.6. The first kappa shape index (κ1) is 19.4. The Kier molecular flexibility index (Phi) is 4.68. The third-order valence-corrected chi connectivity index (χ3v) is 6.58. The maximum Gasteiger partial charge on any atom is 0.214 e. The van der Waals surface area contributed by atoms with Gasteiger partial charge in [-0.05, 0) is 69.9 Å². The molecule has 4 heterocycles. The molecule has 0 radical (unpaired) electrons. The van der Waals surface area contributed by atoms with Gasteiger partial charge < -0.3 is 15.4 Å². The number of likely N-dealkylation sites (tertiary alicyclic amines) is 1. The van der Waals surface area contributed by atoms with Crippen molar-refractivity contribution in [1.82, 2.24) is 29.6 Å². The molecule has 164 valence electrons. The van der Waals surface area contributed by atoms with Gasteiger partial charge in [0, 0.05) is 23.6 Å². The predicted molar refractivity (Wildman–Crippen MR) is 124 cm³/mol. The zero-order valence-corrected chi connectivity index (χ0v) is 18.2. The first-order valence-corrected chi connectivity index (χ1v) is 11.4. The van der Waals surface area contributed by atoms with Crippen LogP contribution in [0.25, 0.3) is 33.2 Å². The zero-order valence-electron chi connectivity index (χ0n) is 18.2. The van der Waals surface area contributed by atoms with Crippen LogP contribution in [0.1, 0.15) is 25.7 Å². The van der Waals surface area contributed by atoms with Crippen LogP contribution in [0, 0.1) is 5.92 Å². The van der Waals surface area contributed by atoms with E-state index in [-0.39, 0.29) is 0 Å². The molecule has 1 saturated carbocycles. The number of aromatic nitrogens is 5. The Bertz CT molecular complexity index is 1290. The number of rotatable bonds is 5. The summed E-state index contributed by atoms with van der Waals surface area (Å²) >= 11 is 0. The van der Waals surface area contributed by atoms with Crippen LogP contribution in [0.4, 0.5) is 5.82 Å². The molecule has 3 aromatic heterocycles. The van der Waals surface area contributed by atoms with E-state index in [2.05, 4.69) is 39.0 Å². The Balaban J connectivity index is 1.38. The van der Waals surface area contributed by atoms with Crippen molar-refractivity contribution in [3.63, 3.8) is 0 Å². The van der Waals surface area contributed by atoms with Crippen molar-refractivity contribution < 1.29 is 4.74 Å². The summed E-state index contributed by atoms with van der Waals surface area (Å²) in [6.07, 6.45) is 6.44. The lowest BCUT2D eigenvalue weighted by Gasteiger charge is -2.28. The van der Waals surface area contributed by atoms with E-state index in [1.54, 1.807) is 0 Å². The summed E-state index contributed by atoms with van der Waals surface area (Å²) in [7, 11) is 2.18. The van der Waals surface area contributed by atoms with E-state index >= 15 is 0 Å². The Morgan fingerprint density at radius 1 is 1.06 bits per heavy atom. The van der Waals surface area contributed by atoms with Gasteiger partial charge in [0.05, 0.1) is 10.9 Å². The van der Waals surface area contributed by atoms with Gasteiger partial charge in [0.2, 0.25) is 5.88 Å². The smallest absolute Gasteiger partial charge is 0.214 e. The Morgan fingerprint density at radius 2 is 1.91 bits per heavy atom. The molecular weight excluding hydrogens is 402 g/mol. The zero-order chi connectivity index (χ0) is 21.7. The molecule has 1 aliphatic heterocycles. The maximum atomic E-state index is 6.30. The minimum atomic E-state index is 0.335. The summed E-state index contributed by atoms with van der Waals surface area (Å²) in [6.45, 7) is 3.09. The van der Waals surface area contributed by atoms with Crippen LogP contribution in [0.3, 0.4) is 0 Å². The first-order valence-electron chi connectivity index (χ1n) is 11.4. The highest BCUT2D eigenvalue weighted by molar-refractivity contribution is 5.99. The minimum Gasteiger partial charge on any atom is -0.474 e. The summed E-state index contributed by atoms with van der Waals surface area (Å²) in [6, 6.07) is 10.2. The number of hydrogen-bond donors (Lipinski definition) is 1. The summed E-state index contributed by atoms with van der Waals surface area (Å²) in [4.78, 5) is 15.8. The van der Waals surface area contributed by atoms with Gasteiger partial charge in [0.1, 0.15) is 23.9 Å². The molecule has 8 heteroatoms. The highest BCUT2D eigenvalue weighted by Gasteiger charge is 2.24. The molecule has 0 amide bonds. The number of nitrogen functional groups attached to an aromatic ring is 1. The number of pyridine rings is 1. The molecule has 4 aromatic rings. The molecule has 2 aliphatic rings. The molecule has 6 rings (SSSR count). The van der Waals surface area contributed by atoms with Crippen LogP contribution in [0.5, 0.6) is 5.88 Å². The SMILES string of the molecule is CN1CCC(Cn2nc(-c3ccc4nc(OC5CC5)ccc4c3)c3c(N)ncnc32)CC1. The van der Waals surface area contributed by atoms with Crippen LogP contribution < -0.4 is 10.5 Å². The fourth-order valence-electron chi connectivity index (χ4n) is 4.53. The van der Waals surface area contributed by atoms with Crippen LogP contribution in [0.2, 0.25) is 0 Å². The monoisotopic (exact) mass is 429 g/mol. The van der Waals surface area contributed by atoms with Gasteiger partial charge in [-0.15, -0.1) is 0 Å². The highest BCUT2D eigenvalue weighted by atomic mass is 16.5. The quantitative estimate of drug-likeness (QED) is 0.519. The molecule has 2 fully saturated rings. The average molecular weight is 430 g/mol. The molecule has 1 aliphatic carbocycles. The van der Waals surface area contributed by atoms with Crippen molar-refractivity contribution in [3.05, 3.63) is 36.7 Å². The molecule has 0 spiro atoms. The lowest BCUT2D eigenvalue weighted by atomic mass is 9.97. The second-order valence-corrected chi connectivity index (χ2v) is 9.11. The highest BCUT2D eigenvalue weighted by Crippen LogP contribution is 2.33. The maximum absolute atomic E-state index is 6.30.